The summed E-state index contributed by atoms with van der Waals surface area (Å²) in [5.74, 6) is 0.918. The van der Waals surface area contributed by atoms with E-state index in [9.17, 15) is 8.42 Å². The summed E-state index contributed by atoms with van der Waals surface area (Å²) in [6, 6.07) is 21.9. The van der Waals surface area contributed by atoms with E-state index in [1.165, 1.54) is 0 Å². The lowest BCUT2D eigenvalue weighted by molar-refractivity contribution is 0.601. The smallest absolute Gasteiger partial charge is 0.261 e. The maximum atomic E-state index is 12.9. The number of rotatable bonds is 5. The fourth-order valence-corrected chi connectivity index (χ4v) is 5.00. The second-order valence-corrected chi connectivity index (χ2v) is 9.97. The highest BCUT2D eigenvalue weighted by atomic mass is 32.2. The number of fused-ring (bicyclic) bond motifs is 3. The minimum atomic E-state index is -3.72. The van der Waals surface area contributed by atoms with Crippen molar-refractivity contribution in [2.45, 2.75) is 31.6 Å². The van der Waals surface area contributed by atoms with Crippen molar-refractivity contribution in [2.24, 2.45) is 0 Å². The first kappa shape index (κ1) is 21.1. The van der Waals surface area contributed by atoms with Crippen LogP contribution in [-0.2, 0) is 10.0 Å². The van der Waals surface area contributed by atoms with E-state index in [0.29, 0.717) is 11.3 Å². The van der Waals surface area contributed by atoms with Gasteiger partial charge in [-0.05, 0) is 30.7 Å². The number of aryl methyl sites for hydroxylation is 1. The van der Waals surface area contributed by atoms with Crippen LogP contribution in [0.4, 0.5) is 5.69 Å². The van der Waals surface area contributed by atoms with Crippen molar-refractivity contribution in [3.63, 3.8) is 0 Å². The summed E-state index contributed by atoms with van der Waals surface area (Å²) in [6.45, 7) is 5.97. The van der Waals surface area contributed by atoms with Crippen molar-refractivity contribution in [3.05, 3.63) is 84.2 Å². The van der Waals surface area contributed by atoms with Gasteiger partial charge in [0.25, 0.3) is 10.0 Å². The molecule has 0 saturated heterocycles. The van der Waals surface area contributed by atoms with Crippen molar-refractivity contribution in [1.29, 1.82) is 0 Å². The Morgan fingerprint density at radius 3 is 2.30 bits per heavy atom. The number of aromatic nitrogens is 4. The fraction of sp³-hybridized carbons (Fsp3) is 0.160. The molecule has 0 aliphatic rings. The predicted octanol–water partition coefficient (Wildman–Crippen LogP) is 5.18. The van der Waals surface area contributed by atoms with Crippen LogP contribution in [0.15, 0.2) is 77.7 Å². The normalized spacial score (nSPS) is 12.0. The Morgan fingerprint density at radius 2 is 1.58 bits per heavy atom. The Bertz CT molecular complexity index is 1590. The largest absolute Gasteiger partial charge is 0.279 e. The first-order valence-corrected chi connectivity index (χ1v) is 12.2. The summed E-state index contributed by atoms with van der Waals surface area (Å²) >= 11 is 0. The van der Waals surface area contributed by atoms with Gasteiger partial charge in [-0.15, -0.1) is 10.2 Å². The van der Waals surface area contributed by atoms with Gasteiger partial charge in [-0.2, -0.15) is 9.61 Å². The predicted molar refractivity (Wildman–Crippen MR) is 130 cm³/mol. The Balaban J connectivity index is 1.68. The zero-order valence-corrected chi connectivity index (χ0v) is 19.3. The molecule has 0 spiro atoms. The van der Waals surface area contributed by atoms with Gasteiger partial charge in [0, 0.05) is 22.3 Å². The third-order valence-electron chi connectivity index (χ3n) is 5.61. The Morgan fingerprint density at radius 1 is 0.879 bits per heavy atom. The van der Waals surface area contributed by atoms with E-state index in [0.717, 1.165) is 33.4 Å². The minimum absolute atomic E-state index is 0.146. The molecule has 5 aromatic rings. The first-order valence-electron chi connectivity index (χ1n) is 10.7. The van der Waals surface area contributed by atoms with Gasteiger partial charge in [0.2, 0.25) is 0 Å². The average Bonchev–Trinajstić information content (AvgIpc) is 3.25. The quantitative estimate of drug-likeness (QED) is 0.393. The molecule has 0 saturated carbocycles. The lowest BCUT2D eigenvalue weighted by Crippen LogP contribution is -2.13. The fourth-order valence-electron chi connectivity index (χ4n) is 3.85. The molecule has 7 nitrogen and oxygen atoms in total. The molecule has 0 radical (unpaired) electrons. The number of nitrogens with zero attached hydrogens (tertiary/aromatic N) is 4. The van der Waals surface area contributed by atoms with Crippen LogP contribution in [0.2, 0.25) is 0 Å². The maximum absolute atomic E-state index is 12.9. The highest BCUT2D eigenvalue weighted by Crippen LogP contribution is 2.32. The van der Waals surface area contributed by atoms with Gasteiger partial charge in [0.05, 0.1) is 16.3 Å². The van der Waals surface area contributed by atoms with Crippen LogP contribution in [0, 0.1) is 6.92 Å². The molecular formula is C25H23N5O2S. The lowest BCUT2D eigenvalue weighted by Gasteiger charge is -2.14. The summed E-state index contributed by atoms with van der Waals surface area (Å²) in [4.78, 5) is 0.214. The molecule has 8 heteroatoms. The number of hydrogen-bond acceptors (Lipinski definition) is 5. The highest BCUT2D eigenvalue weighted by Gasteiger charge is 2.19. The summed E-state index contributed by atoms with van der Waals surface area (Å²) < 4.78 is 30.4. The number of anilines is 1. The molecule has 5 rings (SSSR count). The molecule has 1 N–H and O–H groups in total. The van der Waals surface area contributed by atoms with Crippen molar-refractivity contribution >= 4 is 32.1 Å². The molecular weight excluding hydrogens is 434 g/mol. The van der Waals surface area contributed by atoms with Crippen LogP contribution in [0.1, 0.15) is 31.2 Å². The van der Waals surface area contributed by atoms with Crippen molar-refractivity contribution in [2.75, 3.05) is 4.72 Å². The van der Waals surface area contributed by atoms with Crippen molar-refractivity contribution in [3.8, 4) is 11.3 Å². The molecule has 0 unspecified atom stereocenters. The van der Waals surface area contributed by atoms with Gasteiger partial charge in [-0.25, -0.2) is 8.42 Å². The second-order valence-electron chi connectivity index (χ2n) is 8.29. The number of sulfonamides is 1. The van der Waals surface area contributed by atoms with E-state index in [2.05, 4.69) is 28.8 Å². The number of hydrogen-bond donors (Lipinski definition) is 1. The summed E-state index contributed by atoms with van der Waals surface area (Å²) in [5.41, 5.74) is 3.56. The molecule has 2 heterocycles. The first-order chi connectivity index (χ1) is 15.8. The SMILES string of the molecule is Cc1ccc(-c2nn3c(C(C)C)nnc3c3ccccc23)cc1NS(=O)(=O)c1ccccc1. The Labute approximate surface area is 192 Å². The standard InChI is InChI=1S/C25H23N5O2S/c1-16(2)24-26-27-25-21-12-8-7-11-20(21)23(28-30(24)25)18-14-13-17(3)22(15-18)29-33(31,32)19-9-5-4-6-10-19/h4-16,29H,1-3H3. The maximum Gasteiger partial charge on any atom is 0.261 e. The third kappa shape index (κ3) is 3.72. The molecule has 0 atom stereocenters. The van der Waals surface area contributed by atoms with Crippen LogP contribution < -0.4 is 4.72 Å². The van der Waals surface area contributed by atoms with Crippen LogP contribution in [0.3, 0.4) is 0 Å². The molecule has 0 aliphatic heterocycles. The van der Waals surface area contributed by atoms with Crippen LogP contribution in [0.5, 0.6) is 0 Å². The van der Waals surface area contributed by atoms with E-state index >= 15 is 0 Å². The van der Waals surface area contributed by atoms with E-state index in [1.807, 2.05) is 49.4 Å². The van der Waals surface area contributed by atoms with Gasteiger partial charge >= 0.3 is 0 Å². The zero-order chi connectivity index (χ0) is 23.2. The Kier molecular flexibility index (Phi) is 5.09. The minimum Gasteiger partial charge on any atom is -0.279 e. The lowest BCUT2D eigenvalue weighted by atomic mass is 10.0. The van der Waals surface area contributed by atoms with Crippen LogP contribution in [0.25, 0.3) is 27.7 Å². The second kappa shape index (κ2) is 7.97. The number of benzene rings is 3. The molecule has 0 amide bonds. The van der Waals surface area contributed by atoms with Crippen LogP contribution in [-0.4, -0.2) is 28.2 Å². The molecule has 3 aromatic carbocycles. The molecule has 166 valence electrons. The zero-order valence-electron chi connectivity index (χ0n) is 18.5. The monoisotopic (exact) mass is 457 g/mol. The third-order valence-corrected chi connectivity index (χ3v) is 6.99. The van der Waals surface area contributed by atoms with Gasteiger partial charge in [0.1, 0.15) is 0 Å². The van der Waals surface area contributed by atoms with E-state index in [4.69, 9.17) is 5.10 Å². The van der Waals surface area contributed by atoms with Crippen molar-refractivity contribution in [1.82, 2.24) is 19.8 Å². The number of nitrogens with one attached hydrogen (secondary N) is 1. The molecule has 0 aliphatic carbocycles. The molecule has 2 aromatic heterocycles. The van der Waals surface area contributed by atoms with Gasteiger partial charge in [-0.3, -0.25) is 4.72 Å². The molecule has 33 heavy (non-hydrogen) atoms. The van der Waals surface area contributed by atoms with E-state index in [1.54, 1.807) is 34.8 Å². The highest BCUT2D eigenvalue weighted by molar-refractivity contribution is 7.92. The van der Waals surface area contributed by atoms with Gasteiger partial charge in [0.15, 0.2) is 11.5 Å². The van der Waals surface area contributed by atoms with E-state index < -0.39 is 10.0 Å². The molecule has 0 bridgehead atoms. The topological polar surface area (TPSA) is 89.2 Å². The van der Waals surface area contributed by atoms with Gasteiger partial charge < -0.3 is 0 Å². The summed E-state index contributed by atoms with van der Waals surface area (Å²) in [6.07, 6.45) is 0. The van der Waals surface area contributed by atoms with Crippen molar-refractivity contribution < 1.29 is 8.42 Å². The molecule has 0 fully saturated rings. The van der Waals surface area contributed by atoms with Crippen LogP contribution >= 0.6 is 0 Å². The average molecular weight is 458 g/mol. The summed E-state index contributed by atoms with van der Waals surface area (Å²) in [7, 11) is -3.72. The summed E-state index contributed by atoms with van der Waals surface area (Å²) in [5, 5.41) is 15.5. The van der Waals surface area contributed by atoms with Gasteiger partial charge in [-0.1, -0.05) is 68.4 Å². The Hall–Kier alpha value is -3.78. The van der Waals surface area contributed by atoms with E-state index in [-0.39, 0.29) is 10.8 Å².